The number of aromatic nitrogens is 2. The second-order valence-corrected chi connectivity index (χ2v) is 5.99. The standard InChI is InChI=1S/C20H17N3O6/c24-16(11-14-7-3-1-4-8-14)21-17(25)13-28-18(26)12-23-20(27)29-19(22-23)15-9-5-2-6-10-15/h1-10H,11-13H2,(H,21,24,25). The van der Waals surface area contributed by atoms with Crippen molar-refractivity contribution in [2.24, 2.45) is 0 Å². The Morgan fingerprint density at radius 3 is 2.31 bits per heavy atom. The highest BCUT2D eigenvalue weighted by molar-refractivity contribution is 5.97. The number of benzene rings is 2. The molecule has 0 aliphatic rings. The third kappa shape index (κ3) is 5.73. The Hall–Kier alpha value is -4.01. The highest BCUT2D eigenvalue weighted by Gasteiger charge is 2.16. The molecule has 3 rings (SSSR count). The molecule has 0 radical (unpaired) electrons. The first-order valence-corrected chi connectivity index (χ1v) is 8.67. The lowest BCUT2D eigenvalue weighted by Crippen LogP contribution is -2.35. The Labute approximate surface area is 164 Å². The van der Waals surface area contributed by atoms with Crippen LogP contribution in [0.4, 0.5) is 0 Å². The molecule has 2 aromatic carbocycles. The topological polar surface area (TPSA) is 120 Å². The maximum absolute atomic E-state index is 11.9. The predicted molar refractivity (Wildman–Crippen MR) is 100 cm³/mol. The number of amides is 2. The van der Waals surface area contributed by atoms with Crippen LogP contribution in [0.2, 0.25) is 0 Å². The third-order valence-corrected chi connectivity index (χ3v) is 3.76. The van der Waals surface area contributed by atoms with Gasteiger partial charge in [-0.05, 0) is 17.7 Å². The van der Waals surface area contributed by atoms with Gasteiger partial charge in [0.2, 0.25) is 11.8 Å². The van der Waals surface area contributed by atoms with Gasteiger partial charge in [0.25, 0.3) is 5.91 Å². The Morgan fingerprint density at radius 1 is 0.966 bits per heavy atom. The van der Waals surface area contributed by atoms with Crippen molar-refractivity contribution >= 4 is 17.8 Å². The van der Waals surface area contributed by atoms with Gasteiger partial charge in [-0.15, -0.1) is 5.10 Å². The summed E-state index contributed by atoms with van der Waals surface area (Å²) in [6, 6.07) is 17.6. The van der Waals surface area contributed by atoms with Gasteiger partial charge in [0.15, 0.2) is 6.61 Å². The lowest BCUT2D eigenvalue weighted by molar-refractivity contribution is -0.150. The van der Waals surface area contributed by atoms with Crippen molar-refractivity contribution in [2.45, 2.75) is 13.0 Å². The van der Waals surface area contributed by atoms with E-state index in [0.29, 0.717) is 5.56 Å². The van der Waals surface area contributed by atoms with Crippen LogP contribution in [-0.2, 0) is 32.1 Å². The van der Waals surface area contributed by atoms with E-state index in [4.69, 9.17) is 9.15 Å². The molecule has 0 aliphatic carbocycles. The van der Waals surface area contributed by atoms with E-state index < -0.39 is 36.7 Å². The van der Waals surface area contributed by atoms with Gasteiger partial charge in [-0.2, -0.15) is 4.68 Å². The molecule has 0 fully saturated rings. The smallest absolute Gasteiger partial charge is 0.437 e. The second-order valence-electron chi connectivity index (χ2n) is 5.99. The average molecular weight is 395 g/mol. The van der Waals surface area contributed by atoms with E-state index in [1.54, 1.807) is 54.6 Å². The van der Waals surface area contributed by atoms with E-state index in [2.05, 4.69) is 10.4 Å². The lowest BCUT2D eigenvalue weighted by Gasteiger charge is -2.05. The van der Waals surface area contributed by atoms with E-state index in [-0.39, 0.29) is 12.3 Å². The number of hydrogen-bond donors (Lipinski definition) is 1. The Morgan fingerprint density at radius 2 is 1.62 bits per heavy atom. The van der Waals surface area contributed by atoms with Crippen molar-refractivity contribution in [1.82, 2.24) is 15.1 Å². The van der Waals surface area contributed by atoms with Gasteiger partial charge >= 0.3 is 11.7 Å². The minimum absolute atomic E-state index is 0.0249. The summed E-state index contributed by atoms with van der Waals surface area (Å²) in [5, 5.41) is 6.05. The number of hydrogen-bond acceptors (Lipinski definition) is 7. The highest BCUT2D eigenvalue weighted by Crippen LogP contribution is 2.13. The predicted octanol–water partition coefficient (Wildman–Crippen LogP) is 0.932. The summed E-state index contributed by atoms with van der Waals surface area (Å²) in [7, 11) is 0. The third-order valence-electron chi connectivity index (χ3n) is 3.76. The number of imide groups is 1. The minimum Gasteiger partial charge on any atom is -0.454 e. The SMILES string of the molecule is O=C(COC(=O)Cn1nc(-c2ccccc2)oc1=O)NC(=O)Cc1ccccc1. The fraction of sp³-hybridized carbons (Fsp3) is 0.150. The summed E-state index contributed by atoms with van der Waals surface area (Å²) in [4.78, 5) is 47.2. The summed E-state index contributed by atoms with van der Waals surface area (Å²) < 4.78 is 10.6. The van der Waals surface area contributed by atoms with Gasteiger partial charge in [0.1, 0.15) is 6.54 Å². The summed E-state index contributed by atoms with van der Waals surface area (Å²) in [6.45, 7) is -1.18. The monoisotopic (exact) mass is 395 g/mol. The number of ether oxygens (including phenoxy) is 1. The van der Waals surface area contributed by atoms with Crippen LogP contribution in [0.5, 0.6) is 0 Å². The van der Waals surface area contributed by atoms with Crippen LogP contribution in [0.25, 0.3) is 11.5 Å². The minimum atomic E-state index is -0.870. The molecule has 0 saturated heterocycles. The number of esters is 1. The van der Waals surface area contributed by atoms with Crippen molar-refractivity contribution in [3.8, 4) is 11.5 Å². The zero-order valence-corrected chi connectivity index (χ0v) is 15.2. The highest BCUT2D eigenvalue weighted by atomic mass is 16.5. The van der Waals surface area contributed by atoms with Crippen LogP contribution in [-0.4, -0.2) is 34.2 Å². The van der Waals surface area contributed by atoms with Crippen LogP contribution < -0.4 is 11.1 Å². The summed E-state index contributed by atoms with van der Waals surface area (Å²) in [5.41, 5.74) is 1.32. The summed E-state index contributed by atoms with van der Waals surface area (Å²) in [5.74, 6) is -2.92. The van der Waals surface area contributed by atoms with Gasteiger partial charge < -0.3 is 9.15 Å². The van der Waals surface area contributed by atoms with Crippen LogP contribution in [0.3, 0.4) is 0 Å². The van der Waals surface area contributed by atoms with Crippen LogP contribution in [0, 0.1) is 0 Å². The van der Waals surface area contributed by atoms with Gasteiger partial charge in [0, 0.05) is 5.56 Å². The zero-order valence-electron chi connectivity index (χ0n) is 15.2. The molecule has 0 saturated carbocycles. The average Bonchev–Trinajstić information content (AvgIpc) is 3.08. The molecule has 29 heavy (non-hydrogen) atoms. The lowest BCUT2D eigenvalue weighted by atomic mass is 10.1. The molecule has 1 aromatic heterocycles. The number of rotatable bonds is 7. The van der Waals surface area contributed by atoms with Crippen molar-refractivity contribution in [1.29, 1.82) is 0 Å². The number of carbonyl (C=O) groups is 3. The van der Waals surface area contributed by atoms with Gasteiger partial charge in [0.05, 0.1) is 6.42 Å². The molecule has 0 bridgehead atoms. The maximum atomic E-state index is 11.9. The van der Waals surface area contributed by atoms with Gasteiger partial charge in [-0.25, -0.2) is 4.79 Å². The normalized spacial score (nSPS) is 10.3. The molecule has 0 spiro atoms. The molecule has 1 N–H and O–H groups in total. The largest absolute Gasteiger partial charge is 0.454 e. The molecule has 9 heteroatoms. The van der Waals surface area contributed by atoms with Crippen LogP contribution in [0.1, 0.15) is 5.56 Å². The molecular formula is C20H17N3O6. The summed E-state index contributed by atoms with van der Waals surface area (Å²) >= 11 is 0. The quantitative estimate of drug-likeness (QED) is 0.591. The molecule has 148 valence electrons. The first-order valence-electron chi connectivity index (χ1n) is 8.67. The summed E-state index contributed by atoms with van der Waals surface area (Å²) in [6.07, 6.45) is 0.0249. The van der Waals surface area contributed by atoms with Crippen LogP contribution in [0.15, 0.2) is 69.9 Å². The van der Waals surface area contributed by atoms with E-state index in [1.807, 2.05) is 6.07 Å². The Bertz CT molecular complexity index is 1060. The van der Waals surface area contributed by atoms with Gasteiger partial charge in [-0.3, -0.25) is 19.7 Å². The first kappa shape index (κ1) is 19.7. The van der Waals surface area contributed by atoms with Crippen molar-refractivity contribution in [3.63, 3.8) is 0 Å². The number of nitrogens with one attached hydrogen (secondary N) is 1. The molecule has 0 unspecified atom stereocenters. The molecule has 0 aliphatic heterocycles. The first-order chi connectivity index (χ1) is 14.0. The fourth-order valence-electron chi connectivity index (χ4n) is 2.43. The Balaban J connectivity index is 1.47. The van der Waals surface area contributed by atoms with Crippen LogP contribution >= 0.6 is 0 Å². The number of carbonyl (C=O) groups excluding carboxylic acids is 3. The second kappa shape index (κ2) is 9.27. The molecule has 0 atom stereocenters. The van der Waals surface area contributed by atoms with E-state index in [9.17, 15) is 19.2 Å². The molecule has 3 aromatic rings. The van der Waals surface area contributed by atoms with Crippen molar-refractivity contribution in [3.05, 3.63) is 76.8 Å². The molecular weight excluding hydrogens is 378 g/mol. The van der Waals surface area contributed by atoms with Crippen molar-refractivity contribution in [2.75, 3.05) is 6.61 Å². The van der Waals surface area contributed by atoms with E-state index in [0.717, 1.165) is 10.2 Å². The molecule has 1 heterocycles. The number of nitrogens with zero attached hydrogens (tertiary/aromatic N) is 2. The fourth-order valence-corrected chi connectivity index (χ4v) is 2.43. The van der Waals surface area contributed by atoms with E-state index >= 15 is 0 Å². The van der Waals surface area contributed by atoms with E-state index in [1.165, 1.54) is 0 Å². The van der Waals surface area contributed by atoms with Crippen molar-refractivity contribution < 1.29 is 23.5 Å². The maximum Gasteiger partial charge on any atom is 0.437 e. The molecule has 2 amide bonds. The van der Waals surface area contributed by atoms with Gasteiger partial charge in [-0.1, -0.05) is 48.5 Å². The zero-order chi connectivity index (χ0) is 20.6. The Kier molecular flexibility index (Phi) is 6.31. The molecule has 9 nitrogen and oxygen atoms in total.